The highest BCUT2D eigenvalue weighted by Gasteiger charge is 2.14. The zero-order chi connectivity index (χ0) is 20.6. The fourth-order valence-corrected chi connectivity index (χ4v) is 3.52. The Morgan fingerprint density at radius 1 is 1.21 bits per heavy atom. The summed E-state index contributed by atoms with van der Waals surface area (Å²) in [7, 11) is 0. The first kappa shape index (κ1) is 21.1. The number of carbonyl (C=O) groups is 1. The van der Waals surface area contributed by atoms with E-state index in [0.29, 0.717) is 17.5 Å². The molecular weight excluding hydrogens is 452 g/mol. The number of benzene rings is 2. The Bertz CT molecular complexity index is 971. The predicted molar refractivity (Wildman–Crippen MR) is 119 cm³/mol. The molecule has 1 N–H and O–H groups in total. The van der Waals surface area contributed by atoms with E-state index in [2.05, 4.69) is 38.0 Å². The molecule has 8 heteroatoms. The maximum Gasteiger partial charge on any atom is 0.234 e. The number of ether oxygens (including phenoxy) is 1. The van der Waals surface area contributed by atoms with Crippen molar-refractivity contribution in [2.75, 3.05) is 11.1 Å². The van der Waals surface area contributed by atoms with Crippen molar-refractivity contribution < 1.29 is 9.53 Å². The van der Waals surface area contributed by atoms with Crippen LogP contribution in [0.25, 0.3) is 0 Å². The van der Waals surface area contributed by atoms with Crippen LogP contribution >= 0.6 is 27.7 Å². The van der Waals surface area contributed by atoms with Crippen molar-refractivity contribution in [2.45, 2.75) is 25.2 Å². The lowest BCUT2D eigenvalue weighted by atomic mass is 10.2. The zero-order valence-electron chi connectivity index (χ0n) is 16.0. The SMILES string of the molecule is C=CCn1c(COc2ccc(C)cc2)nnc1SCC(=O)Nc1ccc(Br)cc1. The third-order valence-corrected chi connectivity index (χ3v) is 5.45. The van der Waals surface area contributed by atoms with Crippen molar-refractivity contribution in [1.82, 2.24) is 14.8 Å². The number of carbonyl (C=O) groups excluding carboxylic acids is 1. The molecule has 1 heterocycles. The minimum absolute atomic E-state index is 0.108. The van der Waals surface area contributed by atoms with Crippen LogP contribution in [0.15, 0.2) is 70.8 Å². The molecule has 0 atom stereocenters. The summed E-state index contributed by atoms with van der Waals surface area (Å²) in [6, 6.07) is 15.3. The highest BCUT2D eigenvalue weighted by atomic mass is 79.9. The van der Waals surface area contributed by atoms with Crippen LogP contribution in [0.4, 0.5) is 5.69 Å². The van der Waals surface area contributed by atoms with E-state index in [0.717, 1.165) is 15.9 Å². The Morgan fingerprint density at radius 3 is 2.62 bits per heavy atom. The Labute approximate surface area is 182 Å². The van der Waals surface area contributed by atoms with Gasteiger partial charge in [-0.25, -0.2) is 0 Å². The van der Waals surface area contributed by atoms with Crippen molar-refractivity contribution in [1.29, 1.82) is 0 Å². The second-order valence-electron chi connectivity index (χ2n) is 6.24. The Hall–Kier alpha value is -2.58. The van der Waals surface area contributed by atoms with Gasteiger partial charge in [0.2, 0.25) is 5.91 Å². The Morgan fingerprint density at radius 2 is 1.93 bits per heavy atom. The molecule has 0 unspecified atom stereocenters. The third kappa shape index (κ3) is 6.20. The first-order valence-electron chi connectivity index (χ1n) is 8.96. The van der Waals surface area contributed by atoms with Gasteiger partial charge in [-0.1, -0.05) is 51.5 Å². The van der Waals surface area contributed by atoms with Crippen LogP contribution in [0.1, 0.15) is 11.4 Å². The number of rotatable bonds is 9. The standard InChI is InChI=1S/C21H21BrN4O2S/c1-3-12-26-19(13-28-18-10-4-15(2)5-11-18)24-25-21(26)29-14-20(27)23-17-8-6-16(22)7-9-17/h3-11H,1,12-14H2,2H3,(H,23,27). The molecule has 1 amide bonds. The second kappa shape index (κ2) is 10.3. The first-order chi connectivity index (χ1) is 14.0. The molecule has 1 aromatic heterocycles. The molecule has 0 aliphatic rings. The van der Waals surface area contributed by atoms with E-state index < -0.39 is 0 Å². The first-order valence-corrected chi connectivity index (χ1v) is 10.7. The zero-order valence-corrected chi connectivity index (χ0v) is 18.4. The Balaban J connectivity index is 1.59. The number of halogens is 1. The maximum atomic E-state index is 12.2. The van der Waals surface area contributed by atoms with Gasteiger partial charge in [-0.2, -0.15) is 0 Å². The molecule has 6 nitrogen and oxygen atoms in total. The van der Waals surface area contributed by atoms with Gasteiger partial charge in [0.25, 0.3) is 0 Å². The largest absolute Gasteiger partial charge is 0.486 e. The summed E-state index contributed by atoms with van der Waals surface area (Å²) in [6.07, 6.45) is 1.77. The summed E-state index contributed by atoms with van der Waals surface area (Å²) < 4.78 is 8.67. The van der Waals surface area contributed by atoms with Crippen molar-refractivity contribution >= 4 is 39.3 Å². The lowest BCUT2D eigenvalue weighted by Crippen LogP contribution is -2.15. The van der Waals surface area contributed by atoms with Gasteiger partial charge in [-0.15, -0.1) is 16.8 Å². The van der Waals surface area contributed by atoms with Crippen LogP contribution in [0, 0.1) is 6.92 Å². The summed E-state index contributed by atoms with van der Waals surface area (Å²) >= 11 is 4.70. The molecule has 0 aliphatic heterocycles. The molecule has 2 aromatic carbocycles. The quantitative estimate of drug-likeness (QED) is 0.356. The van der Waals surface area contributed by atoms with E-state index in [1.165, 1.54) is 17.3 Å². The van der Waals surface area contributed by atoms with Crippen LogP contribution in [-0.2, 0) is 17.9 Å². The third-order valence-electron chi connectivity index (χ3n) is 3.95. The number of aromatic nitrogens is 3. The molecular formula is C21H21BrN4O2S. The highest BCUT2D eigenvalue weighted by Crippen LogP contribution is 2.20. The molecule has 3 rings (SSSR count). The Kier molecular flexibility index (Phi) is 7.48. The molecule has 3 aromatic rings. The fourth-order valence-electron chi connectivity index (χ4n) is 2.49. The highest BCUT2D eigenvalue weighted by molar-refractivity contribution is 9.10. The van der Waals surface area contributed by atoms with Crippen LogP contribution in [0.5, 0.6) is 5.75 Å². The number of amides is 1. The average Bonchev–Trinajstić information content (AvgIpc) is 3.10. The molecule has 0 aliphatic carbocycles. The number of aryl methyl sites for hydroxylation is 1. The topological polar surface area (TPSA) is 69.0 Å². The summed E-state index contributed by atoms with van der Waals surface area (Å²) in [5.74, 6) is 1.57. The average molecular weight is 473 g/mol. The summed E-state index contributed by atoms with van der Waals surface area (Å²) in [5.41, 5.74) is 1.92. The lowest BCUT2D eigenvalue weighted by Gasteiger charge is -2.09. The van der Waals surface area contributed by atoms with Crippen LogP contribution in [-0.4, -0.2) is 26.4 Å². The van der Waals surface area contributed by atoms with Gasteiger partial charge in [0.1, 0.15) is 12.4 Å². The van der Waals surface area contributed by atoms with Crippen molar-refractivity contribution in [3.8, 4) is 5.75 Å². The number of anilines is 1. The van der Waals surface area contributed by atoms with Gasteiger partial charge in [0.05, 0.1) is 5.75 Å². The van der Waals surface area contributed by atoms with Gasteiger partial charge in [-0.05, 0) is 43.3 Å². The number of hydrogen-bond acceptors (Lipinski definition) is 5. The molecule has 0 saturated heterocycles. The molecule has 0 fully saturated rings. The smallest absolute Gasteiger partial charge is 0.234 e. The van der Waals surface area contributed by atoms with E-state index >= 15 is 0 Å². The number of nitrogens with one attached hydrogen (secondary N) is 1. The van der Waals surface area contributed by atoms with Crippen molar-refractivity contribution in [2.24, 2.45) is 0 Å². The number of nitrogens with zero attached hydrogens (tertiary/aromatic N) is 3. The molecule has 0 saturated carbocycles. The lowest BCUT2D eigenvalue weighted by molar-refractivity contribution is -0.113. The van der Waals surface area contributed by atoms with E-state index in [4.69, 9.17) is 4.74 Å². The van der Waals surface area contributed by atoms with Crippen LogP contribution in [0.3, 0.4) is 0 Å². The predicted octanol–water partition coefficient (Wildman–Crippen LogP) is 4.84. The van der Waals surface area contributed by atoms with E-state index in [1.807, 2.05) is 60.0 Å². The molecule has 0 radical (unpaired) electrons. The molecule has 0 spiro atoms. The van der Waals surface area contributed by atoms with Gasteiger partial charge in [0.15, 0.2) is 11.0 Å². The van der Waals surface area contributed by atoms with Crippen LogP contribution in [0.2, 0.25) is 0 Å². The number of thioether (sulfide) groups is 1. The number of allylic oxidation sites excluding steroid dienone is 1. The molecule has 0 bridgehead atoms. The van der Waals surface area contributed by atoms with Crippen LogP contribution < -0.4 is 10.1 Å². The molecule has 150 valence electrons. The second-order valence-corrected chi connectivity index (χ2v) is 8.10. The van der Waals surface area contributed by atoms with Gasteiger partial charge in [0, 0.05) is 16.7 Å². The minimum atomic E-state index is -0.108. The van der Waals surface area contributed by atoms with E-state index in [9.17, 15) is 4.79 Å². The van der Waals surface area contributed by atoms with Crippen molar-refractivity contribution in [3.05, 3.63) is 77.0 Å². The van der Waals surface area contributed by atoms with Crippen molar-refractivity contribution in [3.63, 3.8) is 0 Å². The normalized spacial score (nSPS) is 10.6. The van der Waals surface area contributed by atoms with Gasteiger partial charge >= 0.3 is 0 Å². The number of hydrogen-bond donors (Lipinski definition) is 1. The van der Waals surface area contributed by atoms with E-state index in [1.54, 1.807) is 6.08 Å². The fraction of sp³-hybridized carbons (Fsp3) is 0.190. The van der Waals surface area contributed by atoms with Gasteiger partial charge in [-0.3, -0.25) is 9.36 Å². The maximum absolute atomic E-state index is 12.2. The summed E-state index contributed by atoms with van der Waals surface area (Å²) in [5, 5.41) is 12.0. The summed E-state index contributed by atoms with van der Waals surface area (Å²) in [4.78, 5) is 12.2. The molecule has 29 heavy (non-hydrogen) atoms. The monoisotopic (exact) mass is 472 g/mol. The minimum Gasteiger partial charge on any atom is -0.486 e. The van der Waals surface area contributed by atoms with E-state index in [-0.39, 0.29) is 18.3 Å². The van der Waals surface area contributed by atoms with Gasteiger partial charge < -0.3 is 10.1 Å². The summed E-state index contributed by atoms with van der Waals surface area (Å²) in [6.45, 7) is 6.65.